The molecule has 0 amide bonds. The molecule has 0 spiro atoms. The number of carbonyl (C=O) groups excluding carboxylic acids is 1. The number of carboxylic acid groups (broad SMARTS) is 1. The highest BCUT2D eigenvalue weighted by Crippen LogP contribution is 2.22. The molecule has 0 aliphatic carbocycles. The third-order valence-electron chi connectivity index (χ3n) is 3.04. The number of rotatable bonds is 9. The quantitative estimate of drug-likeness (QED) is 0.507. The fraction of sp³-hybridized carbons (Fsp3) is 0.846. The highest BCUT2D eigenvalue weighted by molar-refractivity contribution is 5.81. The number of hydrogen-bond acceptors (Lipinski definition) is 4. The number of carbonyl (C=O) groups is 2. The van der Waals surface area contributed by atoms with E-state index in [0.29, 0.717) is 13.0 Å². The molecule has 0 fully saturated rings. The van der Waals surface area contributed by atoms with Gasteiger partial charge in [0.1, 0.15) is 0 Å². The van der Waals surface area contributed by atoms with Crippen molar-refractivity contribution in [3.63, 3.8) is 0 Å². The van der Waals surface area contributed by atoms with Gasteiger partial charge in [0.05, 0.1) is 24.5 Å². The van der Waals surface area contributed by atoms with Gasteiger partial charge in [0, 0.05) is 7.11 Å². The van der Waals surface area contributed by atoms with E-state index in [4.69, 9.17) is 9.47 Å². The van der Waals surface area contributed by atoms with Crippen molar-refractivity contribution in [3.8, 4) is 0 Å². The summed E-state index contributed by atoms with van der Waals surface area (Å²) in [4.78, 5) is 23.0. The van der Waals surface area contributed by atoms with Crippen LogP contribution >= 0.6 is 0 Å². The van der Waals surface area contributed by atoms with Gasteiger partial charge in [-0.1, -0.05) is 27.2 Å². The van der Waals surface area contributed by atoms with Gasteiger partial charge in [-0.15, -0.1) is 0 Å². The van der Waals surface area contributed by atoms with E-state index in [1.165, 1.54) is 7.11 Å². The predicted octanol–water partition coefficient (Wildman–Crippen LogP) is 2.09. The van der Waals surface area contributed by atoms with Crippen LogP contribution in [-0.4, -0.2) is 36.9 Å². The van der Waals surface area contributed by atoms with E-state index >= 15 is 0 Å². The fourth-order valence-electron chi connectivity index (χ4n) is 1.86. The van der Waals surface area contributed by atoms with Crippen LogP contribution < -0.4 is 0 Å². The molecule has 0 rings (SSSR count). The average molecular weight is 260 g/mol. The van der Waals surface area contributed by atoms with E-state index in [2.05, 4.69) is 0 Å². The second-order valence-electron chi connectivity index (χ2n) is 4.36. The molecule has 18 heavy (non-hydrogen) atoms. The third-order valence-corrected chi connectivity index (χ3v) is 3.04. The first kappa shape index (κ1) is 16.9. The molecule has 5 nitrogen and oxygen atoms in total. The van der Waals surface area contributed by atoms with Crippen LogP contribution in [0.25, 0.3) is 0 Å². The maximum Gasteiger partial charge on any atom is 0.310 e. The van der Waals surface area contributed by atoms with Gasteiger partial charge in [-0.05, 0) is 12.8 Å². The number of ether oxygens (including phenoxy) is 2. The highest BCUT2D eigenvalue weighted by Gasteiger charge is 2.37. The molecule has 0 aliphatic rings. The minimum absolute atomic E-state index is 0.343. The lowest BCUT2D eigenvalue weighted by atomic mass is 9.87. The van der Waals surface area contributed by atoms with E-state index in [1.807, 2.05) is 13.8 Å². The summed E-state index contributed by atoms with van der Waals surface area (Å²) in [5.74, 6) is -3.06. The zero-order chi connectivity index (χ0) is 14.1. The van der Waals surface area contributed by atoms with Gasteiger partial charge in [-0.2, -0.15) is 0 Å². The van der Waals surface area contributed by atoms with Gasteiger partial charge in [0.2, 0.25) is 0 Å². The molecule has 0 saturated heterocycles. The number of methoxy groups -OCH3 is 1. The van der Waals surface area contributed by atoms with Gasteiger partial charge in [0.15, 0.2) is 0 Å². The van der Waals surface area contributed by atoms with Crippen molar-refractivity contribution >= 4 is 11.9 Å². The Hall–Kier alpha value is -1.10. The zero-order valence-corrected chi connectivity index (χ0v) is 11.6. The molecule has 0 aromatic carbocycles. The van der Waals surface area contributed by atoms with Gasteiger partial charge >= 0.3 is 11.9 Å². The summed E-state index contributed by atoms with van der Waals surface area (Å²) in [6, 6.07) is 0. The standard InChI is InChI=1S/C13H24O5/c1-5-7-8-18-13(16)9(3)11(12(14)15)10(6-2)17-4/h9-11H,5-8H2,1-4H3,(H,14,15). The van der Waals surface area contributed by atoms with E-state index < -0.39 is 29.9 Å². The molecule has 0 aliphatic heterocycles. The molecule has 0 saturated carbocycles. The van der Waals surface area contributed by atoms with E-state index in [1.54, 1.807) is 6.92 Å². The van der Waals surface area contributed by atoms with Crippen molar-refractivity contribution < 1.29 is 24.2 Å². The van der Waals surface area contributed by atoms with E-state index in [-0.39, 0.29) is 0 Å². The summed E-state index contributed by atoms with van der Waals surface area (Å²) in [5.41, 5.74) is 0. The van der Waals surface area contributed by atoms with Crippen LogP contribution in [0.4, 0.5) is 0 Å². The molecule has 3 atom stereocenters. The van der Waals surface area contributed by atoms with Crippen LogP contribution in [0.15, 0.2) is 0 Å². The van der Waals surface area contributed by atoms with Crippen LogP contribution in [0.2, 0.25) is 0 Å². The molecule has 1 N–H and O–H groups in total. The second-order valence-corrected chi connectivity index (χ2v) is 4.36. The molecular weight excluding hydrogens is 236 g/mol. The Bertz CT molecular complexity index is 260. The smallest absolute Gasteiger partial charge is 0.310 e. The first-order chi connectivity index (χ1) is 8.49. The molecule has 0 bridgehead atoms. The number of carboxylic acids is 1. The normalized spacial score (nSPS) is 15.8. The lowest BCUT2D eigenvalue weighted by Crippen LogP contribution is -2.38. The molecule has 0 radical (unpaired) electrons. The number of unbranched alkanes of at least 4 members (excludes halogenated alkanes) is 1. The van der Waals surface area contributed by atoms with Crippen LogP contribution in [0.3, 0.4) is 0 Å². The van der Waals surface area contributed by atoms with Crippen LogP contribution in [0.5, 0.6) is 0 Å². The van der Waals surface area contributed by atoms with Crippen molar-refractivity contribution in [2.24, 2.45) is 11.8 Å². The summed E-state index contributed by atoms with van der Waals surface area (Å²) >= 11 is 0. The highest BCUT2D eigenvalue weighted by atomic mass is 16.5. The van der Waals surface area contributed by atoms with Gasteiger partial charge in [-0.25, -0.2) is 0 Å². The van der Waals surface area contributed by atoms with Crippen LogP contribution in [0.1, 0.15) is 40.0 Å². The van der Waals surface area contributed by atoms with Gasteiger partial charge in [-0.3, -0.25) is 9.59 Å². The van der Waals surface area contributed by atoms with E-state index in [9.17, 15) is 14.7 Å². The monoisotopic (exact) mass is 260 g/mol. The maximum atomic E-state index is 11.8. The summed E-state index contributed by atoms with van der Waals surface area (Å²) < 4.78 is 10.2. The molecule has 106 valence electrons. The zero-order valence-electron chi connectivity index (χ0n) is 11.6. The molecule has 3 unspecified atom stereocenters. The summed E-state index contributed by atoms with van der Waals surface area (Å²) in [6.07, 6.45) is 1.79. The molecule has 0 aromatic heterocycles. The topological polar surface area (TPSA) is 72.8 Å². The number of aliphatic carboxylic acids is 1. The Labute approximate surface area is 108 Å². The Kier molecular flexibility index (Phi) is 8.37. The average Bonchev–Trinajstić information content (AvgIpc) is 2.34. The molecular formula is C13H24O5. The maximum absolute atomic E-state index is 11.8. The molecule has 5 heteroatoms. The van der Waals surface area contributed by atoms with Crippen molar-refractivity contribution in [3.05, 3.63) is 0 Å². The number of hydrogen-bond donors (Lipinski definition) is 1. The lowest BCUT2D eigenvalue weighted by Gasteiger charge is -2.25. The Balaban J connectivity index is 4.60. The fourth-order valence-corrected chi connectivity index (χ4v) is 1.86. The minimum atomic E-state index is -1.02. The van der Waals surface area contributed by atoms with Crippen molar-refractivity contribution in [1.82, 2.24) is 0 Å². The summed E-state index contributed by atoms with van der Waals surface area (Å²) in [7, 11) is 1.46. The van der Waals surface area contributed by atoms with Gasteiger partial charge < -0.3 is 14.6 Å². The lowest BCUT2D eigenvalue weighted by molar-refractivity contribution is -0.162. The largest absolute Gasteiger partial charge is 0.481 e. The second kappa shape index (κ2) is 8.91. The summed E-state index contributed by atoms with van der Waals surface area (Å²) in [6.45, 7) is 5.75. The number of esters is 1. The van der Waals surface area contributed by atoms with Crippen molar-refractivity contribution in [2.45, 2.75) is 46.1 Å². The third kappa shape index (κ3) is 5.04. The predicted molar refractivity (Wildman–Crippen MR) is 67.2 cm³/mol. The SMILES string of the molecule is CCCCOC(=O)C(C)C(C(=O)O)C(CC)OC. The Morgan fingerprint density at radius 2 is 1.89 bits per heavy atom. The van der Waals surface area contributed by atoms with Crippen LogP contribution in [-0.2, 0) is 19.1 Å². The summed E-state index contributed by atoms with van der Waals surface area (Å²) in [5, 5.41) is 9.21. The van der Waals surface area contributed by atoms with Crippen LogP contribution in [0, 0.1) is 11.8 Å². The Morgan fingerprint density at radius 1 is 1.28 bits per heavy atom. The van der Waals surface area contributed by atoms with Gasteiger partial charge in [0.25, 0.3) is 0 Å². The first-order valence-electron chi connectivity index (χ1n) is 6.41. The molecule has 0 heterocycles. The first-order valence-corrected chi connectivity index (χ1v) is 6.41. The molecule has 0 aromatic rings. The Morgan fingerprint density at radius 3 is 2.28 bits per heavy atom. The minimum Gasteiger partial charge on any atom is -0.481 e. The van der Waals surface area contributed by atoms with E-state index in [0.717, 1.165) is 12.8 Å². The van der Waals surface area contributed by atoms with Crippen molar-refractivity contribution in [1.29, 1.82) is 0 Å². The van der Waals surface area contributed by atoms with Crippen molar-refractivity contribution in [2.75, 3.05) is 13.7 Å².